The highest BCUT2D eigenvalue weighted by Crippen LogP contribution is 2.19. The van der Waals surface area contributed by atoms with Gasteiger partial charge in [-0.05, 0) is 24.3 Å². The zero-order valence-electron chi connectivity index (χ0n) is 8.55. The molecule has 0 saturated carbocycles. The third-order valence-corrected chi connectivity index (χ3v) is 3.21. The summed E-state index contributed by atoms with van der Waals surface area (Å²) in [5.74, 6) is -0.722. The van der Waals surface area contributed by atoms with Gasteiger partial charge in [-0.1, -0.05) is 11.6 Å². The van der Waals surface area contributed by atoms with E-state index in [4.69, 9.17) is 17.3 Å². The largest absolute Gasteiger partial charge is 0.368 e. The monoisotopic (exact) mass is 262 g/mol. The number of nitrogens with zero attached hydrogens (tertiary/aromatic N) is 1. The zero-order valence-corrected chi connectivity index (χ0v) is 10.1. The van der Waals surface area contributed by atoms with Gasteiger partial charge in [0.2, 0.25) is 15.9 Å². The topological polar surface area (TPSA) is 80.5 Å². The first kappa shape index (κ1) is 12.8. The van der Waals surface area contributed by atoms with Gasteiger partial charge in [0.05, 0.1) is 11.9 Å². The highest BCUT2D eigenvalue weighted by Gasteiger charge is 2.19. The molecule has 0 fully saturated rings. The molecule has 0 atom stereocenters. The summed E-state index contributed by atoms with van der Waals surface area (Å²) in [5, 5.41) is 0.483. The van der Waals surface area contributed by atoms with Gasteiger partial charge in [-0.2, -0.15) is 0 Å². The van der Waals surface area contributed by atoms with Crippen molar-refractivity contribution in [2.24, 2.45) is 5.73 Å². The molecule has 1 amide bonds. The number of rotatable bonds is 4. The molecular weight excluding hydrogens is 252 g/mol. The van der Waals surface area contributed by atoms with Crippen molar-refractivity contribution in [2.75, 3.05) is 17.1 Å². The van der Waals surface area contributed by atoms with E-state index in [1.54, 1.807) is 0 Å². The number of hydrogen-bond acceptors (Lipinski definition) is 3. The van der Waals surface area contributed by atoms with Crippen LogP contribution in [0.1, 0.15) is 0 Å². The number of carbonyl (C=O) groups is 1. The molecular formula is C9H11ClN2O3S. The predicted molar refractivity (Wildman–Crippen MR) is 62.8 cm³/mol. The average molecular weight is 263 g/mol. The Balaban J connectivity index is 3.11. The Morgan fingerprint density at radius 3 is 2.25 bits per heavy atom. The maximum Gasteiger partial charge on any atom is 0.238 e. The summed E-state index contributed by atoms with van der Waals surface area (Å²) in [6.07, 6.45) is 1.00. The molecule has 0 unspecified atom stereocenters. The molecule has 0 aromatic heterocycles. The average Bonchev–Trinajstić information content (AvgIpc) is 2.14. The van der Waals surface area contributed by atoms with E-state index in [0.717, 1.165) is 10.6 Å². The van der Waals surface area contributed by atoms with Crippen molar-refractivity contribution in [1.29, 1.82) is 0 Å². The lowest BCUT2D eigenvalue weighted by Crippen LogP contribution is -2.37. The minimum atomic E-state index is -3.54. The molecule has 88 valence electrons. The number of amides is 1. The SMILES string of the molecule is CS(=O)(=O)N(CC(N)=O)c1ccc(Cl)cc1. The Kier molecular flexibility index (Phi) is 3.77. The van der Waals surface area contributed by atoms with Crippen LogP contribution in [-0.4, -0.2) is 27.1 Å². The number of anilines is 1. The normalized spacial score (nSPS) is 11.1. The van der Waals surface area contributed by atoms with E-state index in [0.29, 0.717) is 10.7 Å². The summed E-state index contributed by atoms with van der Waals surface area (Å²) >= 11 is 5.68. The van der Waals surface area contributed by atoms with Crippen LogP contribution in [0.25, 0.3) is 0 Å². The standard InChI is InChI=1S/C9H11ClN2O3S/c1-16(14,15)12(6-9(11)13)8-4-2-7(10)3-5-8/h2-5H,6H2,1H3,(H2,11,13). The molecule has 0 aliphatic carbocycles. The highest BCUT2D eigenvalue weighted by molar-refractivity contribution is 7.92. The van der Waals surface area contributed by atoms with Gasteiger partial charge in [0.1, 0.15) is 6.54 Å². The van der Waals surface area contributed by atoms with Crippen LogP contribution in [0.4, 0.5) is 5.69 Å². The number of hydrogen-bond donors (Lipinski definition) is 1. The molecule has 0 radical (unpaired) electrons. The van der Waals surface area contributed by atoms with Crippen molar-refractivity contribution in [1.82, 2.24) is 0 Å². The molecule has 7 heteroatoms. The number of halogens is 1. The molecule has 16 heavy (non-hydrogen) atoms. The molecule has 5 nitrogen and oxygen atoms in total. The predicted octanol–water partition coefficient (Wildman–Crippen LogP) is 0.591. The van der Waals surface area contributed by atoms with Gasteiger partial charge in [0, 0.05) is 5.02 Å². The molecule has 0 aliphatic rings. The fraction of sp³-hybridized carbons (Fsp3) is 0.222. The Morgan fingerprint density at radius 1 is 1.38 bits per heavy atom. The first-order valence-corrected chi connectivity index (χ1v) is 6.55. The van der Waals surface area contributed by atoms with E-state index in [2.05, 4.69) is 0 Å². The van der Waals surface area contributed by atoms with Crippen molar-refractivity contribution in [2.45, 2.75) is 0 Å². The van der Waals surface area contributed by atoms with Crippen LogP contribution in [0.5, 0.6) is 0 Å². The molecule has 0 spiro atoms. The van der Waals surface area contributed by atoms with Gasteiger partial charge in [0.25, 0.3) is 0 Å². The molecule has 0 heterocycles. The Labute approximate surface area is 98.9 Å². The Hall–Kier alpha value is -1.27. The summed E-state index contributed by atoms with van der Waals surface area (Å²) in [4.78, 5) is 10.8. The fourth-order valence-corrected chi connectivity index (χ4v) is 2.14. The van der Waals surface area contributed by atoms with Gasteiger partial charge in [-0.3, -0.25) is 9.10 Å². The Bertz CT molecular complexity index is 484. The zero-order chi connectivity index (χ0) is 12.3. The van der Waals surface area contributed by atoms with Gasteiger partial charge in [-0.15, -0.1) is 0 Å². The summed E-state index contributed by atoms with van der Waals surface area (Å²) in [7, 11) is -3.54. The van der Waals surface area contributed by atoms with Crippen LogP contribution in [0.2, 0.25) is 5.02 Å². The van der Waals surface area contributed by atoms with Crippen molar-refractivity contribution >= 4 is 33.2 Å². The van der Waals surface area contributed by atoms with Gasteiger partial charge < -0.3 is 5.73 Å². The summed E-state index contributed by atoms with van der Waals surface area (Å²) in [6.45, 7) is -0.388. The Morgan fingerprint density at radius 2 is 1.88 bits per heavy atom. The lowest BCUT2D eigenvalue weighted by molar-refractivity contribution is -0.116. The van der Waals surface area contributed by atoms with E-state index in [1.165, 1.54) is 24.3 Å². The summed E-state index contributed by atoms with van der Waals surface area (Å²) in [5.41, 5.74) is 5.34. The second-order valence-corrected chi connectivity index (χ2v) is 5.56. The molecule has 1 rings (SSSR count). The summed E-state index contributed by atoms with van der Waals surface area (Å²) in [6, 6.07) is 6.09. The lowest BCUT2D eigenvalue weighted by atomic mass is 10.3. The van der Waals surface area contributed by atoms with E-state index < -0.39 is 15.9 Å². The van der Waals surface area contributed by atoms with Crippen molar-refractivity contribution < 1.29 is 13.2 Å². The first-order chi connectivity index (χ1) is 7.30. The molecule has 2 N–H and O–H groups in total. The van der Waals surface area contributed by atoms with Crippen LogP contribution >= 0.6 is 11.6 Å². The van der Waals surface area contributed by atoms with Crippen LogP contribution in [-0.2, 0) is 14.8 Å². The maximum absolute atomic E-state index is 11.4. The minimum absolute atomic E-state index is 0.353. The van der Waals surface area contributed by atoms with Crippen LogP contribution in [0, 0.1) is 0 Å². The van der Waals surface area contributed by atoms with Gasteiger partial charge >= 0.3 is 0 Å². The van der Waals surface area contributed by atoms with Gasteiger partial charge in [0.15, 0.2) is 0 Å². The third kappa shape index (κ3) is 3.39. The molecule has 0 bridgehead atoms. The smallest absolute Gasteiger partial charge is 0.238 e. The van der Waals surface area contributed by atoms with Crippen molar-refractivity contribution in [3.05, 3.63) is 29.3 Å². The molecule has 1 aromatic rings. The van der Waals surface area contributed by atoms with E-state index in [1.807, 2.05) is 0 Å². The number of nitrogens with two attached hydrogens (primary N) is 1. The van der Waals surface area contributed by atoms with E-state index in [-0.39, 0.29) is 6.54 Å². The second kappa shape index (κ2) is 4.71. The number of carbonyl (C=O) groups excluding carboxylic acids is 1. The summed E-state index contributed by atoms with van der Waals surface area (Å²) < 4.78 is 23.8. The molecule has 0 saturated heterocycles. The first-order valence-electron chi connectivity index (χ1n) is 4.32. The highest BCUT2D eigenvalue weighted by atomic mass is 35.5. The lowest BCUT2D eigenvalue weighted by Gasteiger charge is -2.20. The number of benzene rings is 1. The number of primary amides is 1. The second-order valence-electron chi connectivity index (χ2n) is 3.21. The maximum atomic E-state index is 11.4. The minimum Gasteiger partial charge on any atom is -0.368 e. The van der Waals surface area contributed by atoms with Crippen LogP contribution < -0.4 is 10.0 Å². The van der Waals surface area contributed by atoms with Gasteiger partial charge in [-0.25, -0.2) is 8.42 Å². The van der Waals surface area contributed by atoms with Crippen molar-refractivity contribution in [3.8, 4) is 0 Å². The molecule has 0 aliphatic heterocycles. The number of sulfonamides is 1. The van der Waals surface area contributed by atoms with Crippen LogP contribution in [0.15, 0.2) is 24.3 Å². The third-order valence-electron chi connectivity index (χ3n) is 1.81. The van der Waals surface area contributed by atoms with E-state index >= 15 is 0 Å². The van der Waals surface area contributed by atoms with Crippen LogP contribution in [0.3, 0.4) is 0 Å². The quantitative estimate of drug-likeness (QED) is 0.862. The molecule has 1 aromatic carbocycles. The fourth-order valence-electron chi connectivity index (χ4n) is 1.15. The van der Waals surface area contributed by atoms with Crippen molar-refractivity contribution in [3.63, 3.8) is 0 Å². The van der Waals surface area contributed by atoms with E-state index in [9.17, 15) is 13.2 Å².